The fraction of sp³-hybridized carbons (Fsp3) is 0.0370. The van der Waals surface area contributed by atoms with E-state index in [1.165, 1.54) is 0 Å². The van der Waals surface area contributed by atoms with Crippen molar-refractivity contribution in [1.82, 2.24) is 0 Å². The van der Waals surface area contributed by atoms with Gasteiger partial charge < -0.3 is 0 Å². The Morgan fingerprint density at radius 3 is 1.07 bits per heavy atom. The molecule has 4 aromatic carbocycles. The quantitative estimate of drug-likeness (QED) is 0.189. The molecule has 0 aliphatic heterocycles. The van der Waals surface area contributed by atoms with Crippen molar-refractivity contribution in [3.63, 3.8) is 0 Å². The minimum Gasteiger partial charge on any atom is -0.132 e. The predicted octanol–water partition coefficient (Wildman–Crippen LogP) is -11.1. The third-order valence-corrected chi connectivity index (χ3v) is 7.79. The molecular formula is C27H3B17. The van der Waals surface area contributed by atoms with Crippen molar-refractivity contribution in [2.24, 2.45) is 0 Å². The smallest absolute Gasteiger partial charge is 0.113 e. The maximum Gasteiger partial charge on any atom is 0.113 e. The van der Waals surface area contributed by atoms with Crippen LogP contribution in [0.25, 0.3) is 38.5 Å². The predicted molar refractivity (Wildman–Crippen MR) is 207 cm³/mol. The summed E-state index contributed by atoms with van der Waals surface area (Å²) in [6, 6.07) is 0. The first-order valence-corrected chi connectivity index (χ1v) is 12.7. The summed E-state index contributed by atoms with van der Waals surface area (Å²) in [6.45, 7) is 0. The second-order valence-corrected chi connectivity index (χ2v) is 10.1. The number of hydrogen-bond donors (Lipinski definition) is 0. The highest BCUT2D eigenvalue weighted by atomic mass is 14.3. The molecule has 0 amide bonds. The summed E-state index contributed by atoms with van der Waals surface area (Å²) in [5.74, 6) is 2.62. The van der Waals surface area contributed by atoms with Gasteiger partial charge in [-0.1, -0.05) is 50.5 Å². The number of hydrogen-bond acceptors (Lipinski definition) is 0. The molecule has 0 N–H and O–H groups in total. The van der Waals surface area contributed by atoms with Crippen LogP contribution in [0, 0.1) is 12.3 Å². The summed E-state index contributed by atoms with van der Waals surface area (Å²) >= 11 is 0. The molecule has 44 heavy (non-hydrogen) atoms. The Kier molecular flexibility index (Phi) is 9.69. The monoisotopic (exact) mass is 514 g/mol. The highest BCUT2D eigenvalue weighted by Gasteiger charge is 2.28. The summed E-state index contributed by atoms with van der Waals surface area (Å²) in [7, 11) is 108. The zero-order chi connectivity index (χ0) is 33.3. The van der Waals surface area contributed by atoms with Gasteiger partial charge in [-0.2, -0.15) is 0 Å². The Morgan fingerprint density at radius 2 is 0.727 bits per heavy atom. The molecule has 0 heterocycles. The van der Waals surface area contributed by atoms with Crippen molar-refractivity contribution >= 4 is 226 Å². The van der Waals surface area contributed by atoms with E-state index in [1.54, 1.807) is 0 Å². The molecule has 162 valence electrons. The Hall–Kier alpha value is -2.46. The van der Waals surface area contributed by atoms with Gasteiger partial charge in [0, 0.05) is 11.1 Å². The van der Waals surface area contributed by atoms with Gasteiger partial charge in [0.05, 0.1) is 7.85 Å². The maximum atomic E-state index is 6.68. The van der Waals surface area contributed by atoms with E-state index in [4.69, 9.17) is 140 Å². The number of allylic oxidation sites excluding steroid dienone is 1. The molecule has 0 atom stereocenters. The first kappa shape index (κ1) is 34.4. The largest absolute Gasteiger partial charge is 0.132 e. The van der Waals surface area contributed by atoms with Crippen LogP contribution in [-0.4, -0.2) is 133 Å². The zero-order valence-electron chi connectivity index (χ0n) is 23.6. The van der Waals surface area contributed by atoms with Crippen molar-refractivity contribution in [3.8, 4) is 34.6 Å². The molecule has 34 radical (unpaired) electrons. The molecular weight excluding hydrogens is 508 g/mol. The number of fused-ring (bicyclic) bond motifs is 1. The minimum absolute atomic E-state index is 0.00594. The lowest BCUT2D eigenvalue weighted by Crippen LogP contribution is -2.56. The van der Waals surface area contributed by atoms with Gasteiger partial charge in [-0.05, 0) is 33.0 Å². The molecule has 4 aromatic rings. The minimum atomic E-state index is -0.201. The average Bonchev–Trinajstić information content (AvgIpc) is 3.01. The SMILES string of the molecule is [B]C/C([B])=C(/[B])c1c(C#C)c(-c2c([B])c([B])c([B])c([B])c2[B])c2c([B])c([B])c([B])c([B])c2c1-c1c([B])c([B])c([B])c([B])c1[B]. The number of terminal acetylenes is 1. The normalized spacial score (nSPS) is 11.8. The van der Waals surface area contributed by atoms with Gasteiger partial charge in [0.25, 0.3) is 0 Å². The van der Waals surface area contributed by atoms with Crippen molar-refractivity contribution in [3.05, 3.63) is 16.6 Å². The van der Waals surface area contributed by atoms with Crippen LogP contribution in [-0.2, 0) is 0 Å². The second kappa shape index (κ2) is 12.4. The van der Waals surface area contributed by atoms with Gasteiger partial charge in [-0.15, -0.1) is 55.6 Å². The van der Waals surface area contributed by atoms with E-state index in [-0.39, 0.29) is 138 Å². The van der Waals surface area contributed by atoms with Gasteiger partial charge in [-0.25, -0.2) is 0 Å². The van der Waals surface area contributed by atoms with E-state index >= 15 is 0 Å². The van der Waals surface area contributed by atoms with Crippen LogP contribution in [0.15, 0.2) is 5.47 Å². The Labute approximate surface area is 282 Å². The van der Waals surface area contributed by atoms with Crippen molar-refractivity contribution < 1.29 is 0 Å². The summed E-state index contributed by atoms with van der Waals surface area (Å²) in [4.78, 5) is 0. The van der Waals surface area contributed by atoms with Crippen LogP contribution >= 0.6 is 0 Å². The molecule has 0 aliphatic rings. The highest BCUT2D eigenvalue weighted by molar-refractivity contribution is 6.72. The maximum absolute atomic E-state index is 6.68. The van der Waals surface area contributed by atoms with Gasteiger partial charge in [-0.3, -0.25) is 0 Å². The van der Waals surface area contributed by atoms with E-state index in [0.29, 0.717) is 0 Å². The molecule has 0 unspecified atom stereocenters. The van der Waals surface area contributed by atoms with E-state index in [2.05, 4.69) is 5.92 Å². The molecule has 4 rings (SSSR count). The van der Waals surface area contributed by atoms with E-state index < -0.39 is 0 Å². The summed E-state index contributed by atoms with van der Waals surface area (Å²) < 4.78 is 0. The Balaban J connectivity index is 2.61. The molecule has 0 nitrogen and oxygen atoms in total. The van der Waals surface area contributed by atoms with Crippen LogP contribution in [0.2, 0.25) is 6.32 Å². The lowest BCUT2D eigenvalue weighted by molar-refractivity contribution is 1.59. The third kappa shape index (κ3) is 4.90. The molecule has 17 heteroatoms. The fourth-order valence-electron chi connectivity index (χ4n) is 5.27. The van der Waals surface area contributed by atoms with Gasteiger partial charge in [0.1, 0.15) is 126 Å². The van der Waals surface area contributed by atoms with Crippen LogP contribution in [0.3, 0.4) is 0 Å². The van der Waals surface area contributed by atoms with Crippen molar-refractivity contribution in [2.75, 3.05) is 0 Å². The van der Waals surface area contributed by atoms with E-state index in [0.717, 1.165) is 0 Å². The zero-order valence-corrected chi connectivity index (χ0v) is 23.6. The summed E-state index contributed by atoms with van der Waals surface area (Å²) in [5, 5.41) is 0.204. The second-order valence-electron chi connectivity index (χ2n) is 10.1. The van der Waals surface area contributed by atoms with Gasteiger partial charge in [0.2, 0.25) is 0 Å². The van der Waals surface area contributed by atoms with Crippen LogP contribution < -0.4 is 76.5 Å². The summed E-state index contributed by atoms with van der Waals surface area (Å²) in [6.07, 6.45) is 6.00. The lowest BCUT2D eigenvalue weighted by atomic mass is 9.55. The molecule has 0 bridgehead atoms. The Bertz CT molecular complexity index is 1960. The van der Waals surface area contributed by atoms with Crippen LogP contribution in [0.4, 0.5) is 0 Å². The van der Waals surface area contributed by atoms with Crippen molar-refractivity contribution in [2.45, 2.75) is 6.32 Å². The topological polar surface area (TPSA) is 0 Å². The number of benzene rings is 4. The first-order chi connectivity index (χ1) is 20.5. The Morgan fingerprint density at radius 1 is 0.432 bits per heavy atom. The third-order valence-electron chi connectivity index (χ3n) is 7.79. The molecule has 0 aromatic heterocycles. The molecule has 0 saturated heterocycles. The molecule has 0 spiro atoms. The standard InChI is InChI=1S/C27H3B17/c1-2-4-6(11-16(33)22(39)26(43)23(40)17(11)34)9-10(15(32)21(38)20(37)14(9)31)8(7(4)13(30)5(29)3-28)12-18(35)24(41)27(44)25(42)19(12)36/h1H,3H2/b13-5-. The van der Waals surface area contributed by atoms with Gasteiger partial charge in [0.15, 0.2) is 0 Å². The first-order valence-electron chi connectivity index (χ1n) is 12.7. The summed E-state index contributed by atoms with van der Waals surface area (Å²) in [5.41, 5.74) is -0.963. The molecule has 0 fully saturated rings. The van der Waals surface area contributed by atoms with Crippen molar-refractivity contribution in [1.29, 1.82) is 0 Å². The molecule has 0 aliphatic carbocycles. The average molecular weight is 511 g/mol. The van der Waals surface area contributed by atoms with Crippen LogP contribution in [0.1, 0.15) is 11.1 Å². The van der Waals surface area contributed by atoms with Crippen LogP contribution in [0.5, 0.6) is 0 Å². The van der Waals surface area contributed by atoms with Gasteiger partial charge >= 0.3 is 0 Å². The fourth-order valence-corrected chi connectivity index (χ4v) is 5.27. The molecule has 0 saturated carbocycles. The van der Waals surface area contributed by atoms with E-state index in [9.17, 15) is 0 Å². The number of rotatable bonds is 4. The van der Waals surface area contributed by atoms with E-state index in [1.807, 2.05) is 0 Å². The highest BCUT2D eigenvalue weighted by Crippen LogP contribution is 2.41. The lowest BCUT2D eigenvalue weighted by Gasteiger charge is -2.32.